The van der Waals surface area contributed by atoms with Crippen LogP contribution in [0.4, 0.5) is 0 Å². The lowest BCUT2D eigenvalue weighted by atomic mass is 10.6. The number of aliphatic hydroxyl groups excluding tert-OH is 2. The third-order valence-corrected chi connectivity index (χ3v) is 0.577. The van der Waals surface area contributed by atoms with Crippen LogP contribution in [0.2, 0.25) is 0 Å². The first-order valence-corrected chi connectivity index (χ1v) is 2.63. The van der Waals surface area contributed by atoms with E-state index in [1.807, 2.05) is 6.79 Å². The van der Waals surface area contributed by atoms with Gasteiger partial charge in [-0.15, -0.1) is 0 Å². The Hall–Kier alpha value is -0.450. The molecule has 0 bridgehead atoms. The third-order valence-electron chi connectivity index (χ3n) is 0.577. The van der Waals surface area contributed by atoms with Crippen LogP contribution in [0.15, 0.2) is 0 Å². The van der Waals surface area contributed by atoms with Crippen LogP contribution < -0.4 is 5.32 Å². The molecule has 0 unspecified atom stereocenters. The van der Waals surface area contributed by atoms with Crippen molar-refractivity contribution in [3.8, 4) is 0 Å². The highest BCUT2D eigenvalue weighted by Gasteiger charge is 1.78. The van der Waals surface area contributed by atoms with Crippen molar-refractivity contribution in [1.29, 1.82) is 0 Å². The fraction of sp³-hybridized carbons (Fsp3) is 0.800. The quantitative estimate of drug-likeness (QED) is 0.405. The SMILES string of the molecule is C=O.OCCNCCO. The smallest absolute Gasteiger partial charge is 0.106 e. The van der Waals surface area contributed by atoms with Crippen molar-refractivity contribution in [2.24, 2.45) is 0 Å². The molecule has 4 heteroatoms. The molecular weight excluding hydrogens is 122 g/mol. The highest BCUT2D eigenvalue weighted by atomic mass is 16.3. The summed E-state index contributed by atoms with van der Waals surface area (Å²) in [6.45, 7) is 3.42. The molecule has 0 radical (unpaired) electrons. The van der Waals surface area contributed by atoms with Gasteiger partial charge in [-0.3, -0.25) is 0 Å². The van der Waals surface area contributed by atoms with E-state index < -0.39 is 0 Å². The zero-order chi connectivity index (χ0) is 7.54. The van der Waals surface area contributed by atoms with Crippen LogP contribution in [0.1, 0.15) is 0 Å². The summed E-state index contributed by atoms with van der Waals surface area (Å²) >= 11 is 0. The summed E-state index contributed by atoms with van der Waals surface area (Å²) in [5, 5.41) is 19.1. The van der Waals surface area contributed by atoms with Crippen LogP contribution in [0.5, 0.6) is 0 Å². The maximum Gasteiger partial charge on any atom is 0.106 e. The average Bonchev–Trinajstić information content (AvgIpc) is 1.94. The second-order valence-corrected chi connectivity index (χ2v) is 1.20. The van der Waals surface area contributed by atoms with Gasteiger partial charge in [0.2, 0.25) is 0 Å². The second-order valence-electron chi connectivity index (χ2n) is 1.20. The number of hydrogen-bond donors (Lipinski definition) is 3. The van der Waals surface area contributed by atoms with Gasteiger partial charge in [0.05, 0.1) is 13.2 Å². The molecule has 0 aromatic heterocycles. The van der Waals surface area contributed by atoms with E-state index in [9.17, 15) is 0 Å². The van der Waals surface area contributed by atoms with E-state index in [-0.39, 0.29) is 13.2 Å². The Labute approximate surface area is 54.5 Å². The highest BCUT2D eigenvalue weighted by molar-refractivity contribution is 5.10. The zero-order valence-corrected chi connectivity index (χ0v) is 5.34. The molecule has 0 aromatic carbocycles. The van der Waals surface area contributed by atoms with E-state index in [4.69, 9.17) is 15.0 Å². The van der Waals surface area contributed by atoms with Crippen molar-refractivity contribution in [2.45, 2.75) is 0 Å². The minimum absolute atomic E-state index is 0.139. The number of aliphatic hydroxyl groups is 2. The van der Waals surface area contributed by atoms with E-state index >= 15 is 0 Å². The monoisotopic (exact) mass is 135 g/mol. The third kappa shape index (κ3) is 18.5. The van der Waals surface area contributed by atoms with Gasteiger partial charge in [0.15, 0.2) is 0 Å². The van der Waals surface area contributed by atoms with Gasteiger partial charge in [-0.25, -0.2) is 0 Å². The van der Waals surface area contributed by atoms with E-state index in [0.717, 1.165) is 0 Å². The summed E-state index contributed by atoms with van der Waals surface area (Å²) in [5.74, 6) is 0. The lowest BCUT2D eigenvalue weighted by Crippen LogP contribution is -2.21. The van der Waals surface area contributed by atoms with Crippen molar-refractivity contribution >= 4 is 6.79 Å². The molecule has 0 spiro atoms. The van der Waals surface area contributed by atoms with E-state index in [1.54, 1.807) is 0 Å². The topological polar surface area (TPSA) is 69.6 Å². The number of carbonyl (C=O) groups is 1. The second kappa shape index (κ2) is 15.6. The predicted molar refractivity (Wildman–Crippen MR) is 34.2 cm³/mol. The molecule has 56 valence electrons. The largest absolute Gasteiger partial charge is 0.395 e. The van der Waals surface area contributed by atoms with Crippen LogP contribution in [-0.2, 0) is 4.79 Å². The Morgan fingerprint density at radius 3 is 1.67 bits per heavy atom. The van der Waals surface area contributed by atoms with Crippen LogP contribution in [0, 0.1) is 0 Å². The van der Waals surface area contributed by atoms with Crippen LogP contribution in [0.25, 0.3) is 0 Å². The maximum atomic E-state index is 8.15. The fourth-order valence-electron chi connectivity index (χ4n) is 0.283. The molecule has 3 N–H and O–H groups in total. The van der Waals surface area contributed by atoms with Gasteiger partial charge in [0.25, 0.3) is 0 Å². The molecule has 0 saturated carbocycles. The van der Waals surface area contributed by atoms with Gasteiger partial charge >= 0.3 is 0 Å². The highest BCUT2D eigenvalue weighted by Crippen LogP contribution is 1.54. The van der Waals surface area contributed by atoms with Crippen molar-refractivity contribution in [3.05, 3.63) is 0 Å². The number of hydrogen-bond acceptors (Lipinski definition) is 4. The fourth-order valence-corrected chi connectivity index (χ4v) is 0.283. The van der Waals surface area contributed by atoms with Crippen LogP contribution >= 0.6 is 0 Å². The molecule has 0 aliphatic carbocycles. The minimum Gasteiger partial charge on any atom is -0.395 e. The predicted octanol–water partition coefficient (Wildman–Crippen LogP) is -1.62. The minimum atomic E-state index is 0.139. The Bertz CT molecular complexity index is 39.2. The summed E-state index contributed by atoms with van der Waals surface area (Å²) < 4.78 is 0. The van der Waals surface area contributed by atoms with Gasteiger partial charge < -0.3 is 20.3 Å². The molecule has 0 saturated heterocycles. The van der Waals surface area contributed by atoms with Gasteiger partial charge in [-0.1, -0.05) is 0 Å². The Balaban J connectivity index is 0. The first kappa shape index (κ1) is 11.4. The van der Waals surface area contributed by atoms with Gasteiger partial charge in [-0.05, 0) is 0 Å². The van der Waals surface area contributed by atoms with E-state index in [0.29, 0.717) is 13.1 Å². The normalized spacial score (nSPS) is 7.78. The summed E-state index contributed by atoms with van der Waals surface area (Å²) in [7, 11) is 0. The van der Waals surface area contributed by atoms with E-state index in [1.165, 1.54) is 0 Å². The summed E-state index contributed by atoms with van der Waals surface area (Å²) in [5.41, 5.74) is 0. The molecule has 0 heterocycles. The molecule has 0 amide bonds. The first-order chi connectivity index (χ1) is 4.41. The Morgan fingerprint density at radius 2 is 1.44 bits per heavy atom. The maximum absolute atomic E-state index is 8.15. The van der Waals surface area contributed by atoms with Gasteiger partial charge in [0.1, 0.15) is 6.79 Å². The lowest BCUT2D eigenvalue weighted by molar-refractivity contribution is -0.0979. The number of carbonyl (C=O) groups excluding carboxylic acids is 1. The average molecular weight is 135 g/mol. The first-order valence-electron chi connectivity index (χ1n) is 2.63. The van der Waals surface area contributed by atoms with Crippen molar-refractivity contribution in [3.63, 3.8) is 0 Å². The van der Waals surface area contributed by atoms with Crippen molar-refractivity contribution < 1.29 is 15.0 Å². The molecule has 0 aromatic rings. The molecule has 0 aliphatic rings. The standard InChI is InChI=1S/C4H11NO2.CH2O/c6-3-1-5-2-4-7;1-2/h5-7H,1-4H2;1H2. The molecule has 0 rings (SSSR count). The molecule has 0 fully saturated rings. The molecule has 0 aliphatic heterocycles. The summed E-state index contributed by atoms with van der Waals surface area (Å²) in [6.07, 6.45) is 0. The molecule has 0 atom stereocenters. The Morgan fingerprint density at radius 1 is 1.11 bits per heavy atom. The van der Waals surface area contributed by atoms with Crippen molar-refractivity contribution in [1.82, 2.24) is 5.32 Å². The summed E-state index contributed by atoms with van der Waals surface area (Å²) in [6, 6.07) is 0. The van der Waals surface area contributed by atoms with Crippen molar-refractivity contribution in [2.75, 3.05) is 26.3 Å². The number of rotatable bonds is 4. The number of nitrogens with one attached hydrogen (secondary N) is 1. The Kier molecular flexibility index (Phi) is 19.7. The van der Waals surface area contributed by atoms with Crippen LogP contribution in [-0.4, -0.2) is 43.3 Å². The zero-order valence-electron chi connectivity index (χ0n) is 5.34. The lowest BCUT2D eigenvalue weighted by Gasteiger charge is -1.94. The summed E-state index contributed by atoms with van der Waals surface area (Å²) in [4.78, 5) is 8.00. The molecule has 9 heavy (non-hydrogen) atoms. The molecule has 4 nitrogen and oxygen atoms in total. The van der Waals surface area contributed by atoms with Gasteiger partial charge in [0, 0.05) is 13.1 Å². The van der Waals surface area contributed by atoms with E-state index in [2.05, 4.69) is 5.32 Å². The van der Waals surface area contributed by atoms with Gasteiger partial charge in [-0.2, -0.15) is 0 Å². The van der Waals surface area contributed by atoms with Crippen LogP contribution in [0.3, 0.4) is 0 Å². The molecular formula is C5H13NO3.